The summed E-state index contributed by atoms with van der Waals surface area (Å²) in [6.45, 7) is 0. The number of benzene rings is 1. The van der Waals surface area contributed by atoms with E-state index in [2.05, 4.69) is 9.97 Å². The average molecular weight is 283 g/mol. The number of fused-ring (bicyclic) bond motifs is 1. The highest BCUT2D eigenvalue weighted by atomic mass is 35.5. The molecule has 1 aliphatic rings. The number of hydrogen-bond donors (Lipinski definition) is 1. The minimum Gasteiger partial charge on any atom is -0.306 e. The van der Waals surface area contributed by atoms with Gasteiger partial charge < -0.3 is 4.98 Å². The molecule has 0 saturated carbocycles. The molecule has 0 bridgehead atoms. The summed E-state index contributed by atoms with van der Waals surface area (Å²) < 4.78 is 13.4. The fourth-order valence-electron chi connectivity index (χ4n) is 1.84. The van der Waals surface area contributed by atoms with E-state index < -0.39 is 5.82 Å². The Balaban J connectivity index is 2.15. The predicted octanol–water partition coefficient (Wildman–Crippen LogP) is 2.98. The van der Waals surface area contributed by atoms with Gasteiger partial charge in [-0.3, -0.25) is 4.79 Å². The SMILES string of the molecule is O=c1[nH]c(-c2ccc(Cl)c(F)c2)nc2c1CSC2. The van der Waals surface area contributed by atoms with Crippen LogP contribution in [-0.4, -0.2) is 9.97 Å². The quantitative estimate of drug-likeness (QED) is 0.875. The van der Waals surface area contributed by atoms with Crippen molar-refractivity contribution in [2.75, 3.05) is 0 Å². The maximum absolute atomic E-state index is 13.4. The van der Waals surface area contributed by atoms with E-state index in [1.165, 1.54) is 12.1 Å². The summed E-state index contributed by atoms with van der Waals surface area (Å²) in [4.78, 5) is 18.9. The molecular formula is C12H8ClFN2OS. The number of thioether (sulfide) groups is 1. The number of nitrogens with one attached hydrogen (secondary N) is 1. The van der Waals surface area contributed by atoms with Gasteiger partial charge in [0.2, 0.25) is 0 Å². The Hall–Kier alpha value is -1.33. The number of H-pyrrole nitrogens is 1. The van der Waals surface area contributed by atoms with Crippen LogP contribution < -0.4 is 5.56 Å². The molecule has 1 aromatic carbocycles. The molecule has 1 aromatic heterocycles. The molecular weight excluding hydrogens is 275 g/mol. The minimum absolute atomic E-state index is 0.0535. The molecule has 2 aromatic rings. The lowest BCUT2D eigenvalue weighted by molar-refractivity contribution is 0.628. The largest absolute Gasteiger partial charge is 0.306 e. The smallest absolute Gasteiger partial charge is 0.255 e. The van der Waals surface area contributed by atoms with Gasteiger partial charge in [-0.05, 0) is 18.2 Å². The number of hydrogen-bond acceptors (Lipinski definition) is 3. The summed E-state index contributed by atoms with van der Waals surface area (Å²) >= 11 is 7.27. The third-order valence-corrected chi connectivity index (χ3v) is 4.06. The van der Waals surface area contributed by atoms with E-state index in [-0.39, 0.29) is 10.6 Å². The topological polar surface area (TPSA) is 45.8 Å². The number of nitrogens with zero attached hydrogens (tertiary/aromatic N) is 1. The van der Waals surface area contributed by atoms with Crippen molar-refractivity contribution in [3.8, 4) is 11.4 Å². The first-order chi connectivity index (χ1) is 8.65. The van der Waals surface area contributed by atoms with E-state index in [9.17, 15) is 9.18 Å². The molecule has 92 valence electrons. The van der Waals surface area contributed by atoms with Gasteiger partial charge in [0.1, 0.15) is 11.6 Å². The van der Waals surface area contributed by atoms with Crippen molar-refractivity contribution < 1.29 is 4.39 Å². The van der Waals surface area contributed by atoms with Crippen molar-refractivity contribution in [3.63, 3.8) is 0 Å². The zero-order valence-corrected chi connectivity index (χ0v) is 10.7. The predicted molar refractivity (Wildman–Crippen MR) is 70.3 cm³/mol. The van der Waals surface area contributed by atoms with Crippen LogP contribution in [0.5, 0.6) is 0 Å². The zero-order chi connectivity index (χ0) is 12.7. The standard InChI is InChI=1S/C12H8ClFN2OS/c13-8-2-1-6(3-9(8)14)11-15-10-5-18-4-7(10)12(17)16-11/h1-3H,4-5H2,(H,15,16,17). The Labute approximate surface area is 111 Å². The Morgan fingerprint density at radius 2 is 2.22 bits per heavy atom. The lowest BCUT2D eigenvalue weighted by Gasteiger charge is -2.04. The van der Waals surface area contributed by atoms with Crippen molar-refractivity contribution in [2.24, 2.45) is 0 Å². The third-order valence-electron chi connectivity index (χ3n) is 2.78. The van der Waals surface area contributed by atoms with E-state index in [1.807, 2.05) is 0 Å². The van der Waals surface area contributed by atoms with Gasteiger partial charge in [-0.1, -0.05) is 11.6 Å². The first kappa shape index (κ1) is 11.7. The normalized spacial score (nSPS) is 13.7. The van der Waals surface area contributed by atoms with Crippen molar-refractivity contribution in [3.05, 3.63) is 50.7 Å². The van der Waals surface area contributed by atoms with Gasteiger partial charge in [-0.2, -0.15) is 11.8 Å². The van der Waals surface area contributed by atoms with Crippen LogP contribution in [0.15, 0.2) is 23.0 Å². The molecule has 3 nitrogen and oxygen atoms in total. The van der Waals surface area contributed by atoms with Crippen LogP contribution in [0.1, 0.15) is 11.3 Å². The highest BCUT2D eigenvalue weighted by Gasteiger charge is 2.18. The van der Waals surface area contributed by atoms with E-state index in [4.69, 9.17) is 11.6 Å². The minimum atomic E-state index is -0.522. The summed E-state index contributed by atoms with van der Waals surface area (Å²) in [6, 6.07) is 4.36. The Morgan fingerprint density at radius 3 is 3.00 bits per heavy atom. The summed E-state index contributed by atoms with van der Waals surface area (Å²) in [5.41, 5.74) is 1.89. The molecule has 0 radical (unpaired) electrons. The van der Waals surface area contributed by atoms with Crippen LogP contribution >= 0.6 is 23.4 Å². The fraction of sp³-hybridized carbons (Fsp3) is 0.167. The van der Waals surface area contributed by atoms with Gasteiger partial charge in [-0.25, -0.2) is 9.37 Å². The molecule has 1 N–H and O–H groups in total. The molecule has 0 atom stereocenters. The molecule has 0 aliphatic carbocycles. The van der Waals surface area contributed by atoms with Gasteiger partial charge in [0.25, 0.3) is 5.56 Å². The van der Waals surface area contributed by atoms with Crippen molar-refractivity contribution in [2.45, 2.75) is 11.5 Å². The van der Waals surface area contributed by atoms with Gasteiger partial charge in [0, 0.05) is 22.6 Å². The second-order valence-electron chi connectivity index (χ2n) is 3.96. The molecule has 6 heteroatoms. The molecule has 1 aliphatic heterocycles. The Bertz CT molecular complexity index is 686. The van der Waals surface area contributed by atoms with E-state index in [0.29, 0.717) is 17.1 Å². The first-order valence-electron chi connectivity index (χ1n) is 5.30. The number of aromatic amines is 1. The monoisotopic (exact) mass is 282 g/mol. The molecule has 0 fully saturated rings. The second kappa shape index (κ2) is 4.40. The van der Waals surface area contributed by atoms with Crippen LogP contribution in [0.3, 0.4) is 0 Å². The number of halogens is 2. The average Bonchev–Trinajstić information content (AvgIpc) is 2.81. The second-order valence-corrected chi connectivity index (χ2v) is 5.35. The van der Waals surface area contributed by atoms with Crippen LogP contribution in [0.4, 0.5) is 4.39 Å². The maximum Gasteiger partial charge on any atom is 0.255 e. The van der Waals surface area contributed by atoms with Crippen LogP contribution in [0.2, 0.25) is 5.02 Å². The highest BCUT2D eigenvalue weighted by Crippen LogP contribution is 2.27. The van der Waals surface area contributed by atoms with Crippen molar-refractivity contribution in [1.29, 1.82) is 0 Å². The lowest BCUT2D eigenvalue weighted by Crippen LogP contribution is -2.15. The summed E-state index contributed by atoms with van der Waals surface area (Å²) in [5, 5.41) is 0.0535. The third kappa shape index (κ3) is 1.93. The molecule has 2 heterocycles. The molecule has 0 unspecified atom stereocenters. The molecule has 0 amide bonds. The zero-order valence-electron chi connectivity index (χ0n) is 9.17. The first-order valence-corrected chi connectivity index (χ1v) is 6.83. The Morgan fingerprint density at radius 1 is 1.39 bits per heavy atom. The molecule has 0 saturated heterocycles. The van der Waals surface area contributed by atoms with E-state index in [0.717, 1.165) is 17.0 Å². The lowest BCUT2D eigenvalue weighted by atomic mass is 10.2. The number of rotatable bonds is 1. The fourth-order valence-corrected chi connectivity index (χ4v) is 3.00. The van der Waals surface area contributed by atoms with Crippen molar-refractivity contribution in [1.82, 2.24) is 9.97 Å². The van der Waals surface area contributed by atoms with Gasteiger partial charge in [0.05, 0.1) is 10.7 Å². The van der Waals surface area contributed by atoms with Gasteiger partial charge >= 0.3 is 0 Å². The number of aromatic nitrogens is 2. The summed E-state index contributed by atoms with van der Waals surface area (Å²) in [6.07, 6.45) is 0. The Kier molecular flexibility index (Phi) is 2.87. The summed E-state index contributed by atoms with van der Waals surface area (Å²) in [5.74, 6) is 1.28. The van der Waals surface area contributed by atoms with Gasteiger partial charge in [0.15, 0.2) is 0 Å². The van der Waals surface area contributed by atoms with E-state index >= 15 is 0 Å². The molecule has 18 heavy (non-hydrogen) atoms. The van der Waals surface area contributed by atoms with Crippen LogP contribution in [0, 0.1) is 5.82 Å². The summed E-state index contributed by atoms with van der Waals surface area (Å²) in [7, 11) is 0. The molecule has 0 spiro atoms. The van der Waals surface area contributed by atoms with Crippen LogP contribution in [-0.2, 0) is 11.5 Å². The van der Waals surface area contributed by atoms with Crippen LogP contribution in [0.25, 0.3) is 11.4 Å². The highest BCUT2D eigenvalue weighted by molar-refractivity contribution is 7.98. The van der Waals surface area contributed by atoms with Crippen molar-refractivity contribution >= 4 is 23.4 Å². The van der Waals surface area contributed by atoms with Gasteiger partial charge in [-0.15, -0.1) is 0 Å². The molecule has 3 rings (SSSR count). The maximum atomic E-state index is 13.4. The van der Waals surface area contributed by atoms with E-state index in [1.54, 1.807) is 17.8 Å².